The van der Waals surface area contributed by atoms with Gasteiger partial charge in [0, 0.05) is 23.0 Å². The summed E-state index contributed by atoms with van der Waals surface area (Å²) in [5, 5.41) is 15.8. The number of piperidine rings is 1. The van der Waals surface area contributed by atoms with Crippen LogP contribution in [0.1, 0.15) is 43.9 Å². The molecule has 0 unspecified atom stereocenters. The molecule has 1 fully saturated rings. The van der Waals surface area contributed by atoms with E-state index in [2.05, 4.69) is 86.5 Å². The number of pyridine rings is 2. The van der Waals surface area contributed by atoms with E-state index in [0.29, 0.717) is 5.92 Å². The van der Waals surface area contributed by atoms with E-state index in [1.807, 2.05) is 31.3 Å². The van der Waals surface area contributed by atoms with Crippen LogP contribution in [0.4, 0.5) is 0 Å². The summed E-state index contributed by atoms with van der Waals surface area (Å²) in [6.07, 6.45) is 18.7. The van der Waals surface area contributed by atoms with Gasteiger partial charge in [0.05, 0.1) is 16.9 Å². The molecule has 0 spiro atoms. The summed E-state index contributed by atoms with van der Waals surface area (Å²) in [5.41, 5.74) is 10.3. The fraction of sp³-hybridized carbons (Fsp3) is 0.242. The predicted octanol–water partition coefficient (Wildman–Crippen LogP) is 6.81. The minimum atomic E-state index is 0.666. The van der Waals surface area contributed by atoms with Crippen LogP contribution in [0.5, 0.6) is 0 Å². The molecule has 2 aliphatic rings. The summed E-state index contributed by atoms with van der Waals surface area (Å²) < 4.78 is 0. The summed E-state index contributed by atoms with van der Waals surface area (Å²) in [4.78, 5) is 13.1. The van der Waals surface area contributed by atoms with Crippen molar-refractivity contribution in [1.82, 2.24) is 35.8 Å². The number of aromatic amines is 2. The number of hydrogen-bond acceptors (Lipinski definition) is 5. The summed E-state index contributed by atoms with van der Waals surface area (Å²) in [5.74, 6) is 0.666. The zero-order chi connectivity index (χ0) is 27.5. The van der Waals surface area contributed by atoms with E-state index < -0.39 is 0 Å². The van der Waals surface area contributed by atoms with Crippen molar-refractivity contribution >= 4 is 33.2 Å². The maximum atomic E-state index is 5.05. The first-order valence-electron chi connectivity index (χ1n) is 14.0. The van der Waals surface area contributed by atoms with E-state index >= 15 is 0 Å². The molecule has 4 N–H and O–H groups in total. The SMILES string of the molecule is C=C/C(=C\C(=C/C)c1ccc2[nH]nc(-c3cc4c(C5=CCC=C5)ccnc4[nH]3)c2n1)NC(=C)CC1CCNCC1. The Kier molecular flexibility index (Phi) is 7.29. The highest BCUT2D eigenvalue weighted by molar-refractivity contribution is 5.98. The number of aromatic nitrogens is 5. The van der Waals surface area contributed by atoms with Gasteiger partial charge in [-0.1, -0.05) is 37.5 Å². The van der Waals surface area contributed by atoms with E-state index in [9.17, 15) is 0 Å². The number of rotatable bonds is 9. The minimum Gasteiger partial charge on any atom is -0.359 e. The molecule has 7 nitrogen and oxygen atoms in total. The van der Waals surface area contributed by atoms with E-state index in [-0.39, 0.29) is 0 Å². The van der Waals surface area contributed by atoms with Crippen molar-refractivity contribution in [2.45, 2.75) is 32.6 Å². The first-order valence-corrected chi connectivity index (χ1v) is 14.0. The molecule has 0 aromatic carbocycles. The highest BCUT2D eigenvalue weighted by Gasteiger charge is 2.17. The molecule has 1 saturated heterocycles. The molecular formula is C33H35N7. The standard InChI is InChI=1S/C33H35N7/c1-4-23(19-25(5-2)36-21(3)18-22-12-15-34-16-13-22)28-10-11-29-31(37-28)32(40-39-29)30-20-27-26(24-8-6-7-9-24)14-17-35-33(27)38-30/h4-6,8-11,14,17,19-20,22,34,36H,2-3,7,12-13,15-16,18H2,1H3,(H,35,38)(H,39,40)/b23-4+,25-19+. The second kappa shape index (κ2) is 11.3. The fourth-order valence-corrected chi connectivity index (χ4v) is 5.62. The van der Waals surface area contributed by atoms with Crippen LogP contribution in [0.25, 0.3) is 44.6 Å². The topological polar surface area (TPSA) is 94.3 Å². The largest absolute Gasteiger partial charge is 0.359 e. The normalized spacial score (nSPS) is 16.6. The van der Waals surface area contributed by atoms with Gasteiger partial charge in [0.25, 0.3) is 0 Å². The molecule has 0 saturated carbocycles. The summed E-state index contributed by atoms with van der Waals surface area (Å²) >= 11 is 0. The molecule has 4 aromatic heterocycles. The highest BCUT2D eigenvalue weighted by atomic mass is 15.1. The van der Waals surface area contributed by atoms with Gasteiger partial charge in [0.15, 0.2) is 0 Å². The van der Waals surface area contributed by atoms with Crippen molar-refractivity contribution in [2.24, 2.45) is 5.92 Å². The highest BCUT2D eigenvalue weighted by Crippen LogP contribution is 2.33. The lowest BCUT2D eigenvalue weighted by atomic mass is 9.93. The van der Waals surface area contributed by atoms with Crippen molar-refractivity contribution in [3.63, 3.8) is 0 Å². The summed E-state index contributed by atoms with van der Waals surface area (Å²) in [6, 6.07) is 8.24. The van der Waals surface area contributed by atoms with Gasteiger partial charge >= 0.3 is 0 Å². The Morgan fingerprint density at radius 3 is 2.85 bits per heavy atom. The Morgan fingerprint density at radius 1 is 1.20 bits per heavy atom. The number of hydrogen-bond donors (Lipinski definition) is 4. The molecule has 0 bridgehead atoms. The summed E-state index contributed by atoms with van der Waals surface area (Å²) in [6.45, 7) is 12.5. The van der Waals surface area contributed by atoms with Crippen LogP contribution >= 0.6 is 0 Å². The predicted molar refractivity (Wildman–Crippen MR) is 165 cm³/mol. The van der Waals surface area contributed by atoms with Crippen LogP contribution in [0.2, 0.25) is 0 Å². The number of allylic oxidation sites excluding steroid dienone is 9. The van der Waals surface area contributed by atoms with Gasteiger partial charge in [-0.15, -0.1) is 0 Å². The molecule has 0 radical (unpaired) electrons. The smallest absolute Gasteiger partial charge is 0.138 e. The van der Waals surface area contributed by atoms with Crippen LogP contribution in [0.3, 0.4) is 0 Å². The monoisotopic (exact) mass is 529 g/mol. The maximum Gasteiger partial charge on any atom is 0.138 e. The van der Waals surface area contributed by atoms with Crippen molar-refractivity contribution < 1.29 is 0 Å². The van der Waals surface area contributed by atoms with E-state index in [1.165, 1.54) is 24.0 Å². The van der Waals surface area contributed by atoms with Gasteiger partial charge < -0.3 is 15.6 Å². The molecular weight excluding hydrogens is 494 g/mol. The average Bonchev–Trinajstić information content (AvgIpc) is 3.74. The Morgan fingerprint density at radius 2 is 2.08 bits per heavy atom. The third-order valence-corrected chi connectivity index (χ3v) is 7.73. The average molecular weight is 530 g/mol. The van der Waals surface area contributed by atoms with Gasteiger partial charge in [0.1, 0.15) is 16.9 Å². The molecule has 7 heteroatoms. The molecule has 4 aromatic rings. The van der Waals surface area contributed by atoms with Crippen LogP contribution in [-0.2, 0) is 0 Å². The molecule has 40 heavy (non-hydrogen) atoms. The molecule has 6 rings (SSSR count). The molecule has 0 atom stereocenters. The van der Waals surface area contributed by atoms with Crippen molar-refractivity contribution in [3.8, 4) is 11.4 Å². The van der Waals surface area contributed by atoms with Gasteiger partial charge in [-0.05, 0) is 105 Å². The second-order valence-corrected chi connectivity index (χ2v) is 10.4. The molecule has 1 aliphatic heterocycles. The van der Waals surface area contributed by atoms with Gasteiger partial charge in [-0.25, -0.2) is 9.97 Å². The zero-order valence-electron chi connectivity index (χ0n) is 22.9. The van der Waals surface area contributed by atoms with Gasteiger partial charge in [0.2, 0.25) is 0 Å². The Labute approximate surface area is 234 Å². The zero-order valence-corrected chi connectivity index (χ0v) is 22.9. The Hall–Kier alpha value is -4.49. The minimum absolute atomic E-state index is 0.666. The molecule has 1 aliphatic carbocycles. The van der Waals surface area contributed by atoms with Crippen molar-refractivity contribution in [2.75, 3.05) is 13.1 Å². The van der Waals surface area contributed by atoms with E-state index in [0.717, 1.165) is 82.0 Å². The van der Waals surface area contributed by atoms with Gasteiger partial charge in [-0.2, -0.15) is 5.10 Å². The Bertz CT molecular complexity index is 1700. The maximum absolute atomic E-state index is 5.05. The van der Waals surface area contributed by atoms with Crippen LogP contribution in [-0.4, -0.2) is 38.2 Å². The van der Waals surface area contributed by atoms with E-state index in [4.69, 9.17) is 4.98 Å². The fourth-order valence-electron chi connectivity index (χ4n) is 5.62. The first-order chi connectivity index (χ1) is 19.6. The quantitative estimate of drug-likeness (QED) is 0.179. The van der Waals surface area contributed by atoms with Crippen LogP contribution < -0.4 is 10.6 Å². The molecule has 0 amide bonds. The number of fused-ring (bicyclic) bond motifs is 2. The lowest BCUT2D eigenvalue weighted by Crippen LogP contribution is -2.28. The van der Waals surface area contributed by atoms with Crippen LogP contribution in [0.15, 0.2) is 91.5 Å². The van der Waals surface area contributed by atoms with Gasteiger partial charge in [-0.3, -0.25) is 5.10 Å². The number of H-pyrrole nitrogens is 2. The number of nitrogens with zero attached hydrogens (tertiary/aromatic N) is 3. The third kappa shape index (κ3) is 5.20. The Balaban J connectivity index is 1.29. The van der Waals surface area contributed by atoms with Crippen molar-refractivity contribution in [3.05, 3.63) is 103 Å². The first kappa shape index (κ1) is 25.8. The lowest BCUT2D eigenvalue weighted by Gasteiger charge is -2.24. The van der Waals surface area contributed by atoms with Crippen LogP contribution in [0, 0.1) is 5.92 Å². The summed E-state index contributed by atoms with van der Waals surface area (Å²) in [7, 11) is 0. The van der Waals surface area contributed by atoms with E-state index in [1.54, 1.807) is 0 Å². The second-order valence-electron chi connectivity index (χ2n) is 10.4. The molecule has 202 valence electrons. The number of nitrogens with one attached hydrogen (secondary N) is 4. The lowest BCUT2D eigenvalue weighted by molar-refractivity contribution is 0.368. The third-order valence-electron chi connectivity index (χ3n) is 7.73. The van der Waals surface area contributed by atoms with Crippen molar-refractivity contribution in [1.29, 1.82) is 0 Å². The molecule has 5 heterocycles.